The largest absolute Gasteiger partial charge is 0.484 e. The summed E-state index contributed by atoms with van der Waals surface area (Å²) >= 11 is 0. The van der Waals surface area contributed by atoms with E-state index in [2.05, 4.69) is 14.7 Å². The van der Waals surface area contributed by atoms with Gasteiger partial charge in [0.25, 0.3) is 5.56 Å². The van der Waals surface area contributed by atoms with E-state index in [4.69, 9.17) is 5.73 Å². The molecule has 2 N–H and O–H groups in total. The maximum atomic E-state index is 13.5. The second kappa shape index (κ2) is 6.69. The van der Waals surface area contributed by atoms with E-state index in [-0.39, 0.29) is 17.1 Å². The first kappa shape index (κ1) is 19.5. The molecule has 6 nitrogen and oxygen atoms in total. The monoisotopic (exact) mass is 404 g/mol. The van der Waals surface area contributed by atoms with Crippen LogP contribution in [0.25, 0.3) is 16.9 Å². The highest BCUT2D eigenvalue weighted by molar-refractivity contribution is 5.67. The average molecular weight is 404 g/mol. The molecule has 148 valence electrons. The van der Waals surface area contributed by atoms with Crippen molar-refractivity contribution < 1.29 is 31.1 Å². The summed E-state index contributed by atoms with van der Waals surface area (Å²) in [6.07, 6.45) is -8.43. The number of hydrogen-bond acceptors (Lipinski definition) is 5. The molecule has 0 bridgehead atoms. The van der Waals surface area contributed by atoms with Crippen molar-refractivity contribution in [3.63, 3.8) is 0 Å². The van der Waals surface area contributed by atoms with Crippen molar-refractivity contribution in [1.29, 1.82) is 0 Å². The molecule has 0 fully saturated rings. The Balaban J connectivity index is 2.12. The van der Waals surface area contributed by atoms with Gasteiger partial charge in [-0.3, -0.25) is 9.20 Å². The Morgan fingerprint density at radius 3 is 2.21 bits per heavy atom. The fourth-order valence-corrected chi connectivity index (χ4v) is 2.39. The molecule has 1 aromatic carbocycles. The number of alkyl halides is 6. The Kier molecular flexibility index (Phi) is 4.65. The zero-order valence-corrected chi connectivity index (χ0v) is 13.7. The average Bonchev–Trinajstić information content (AvgIpc) is 2.59. The number of halogens is 6. The van der Waals surface area contributed by atoms with Gasteiger partial charge >= 0.3 is 12.4 Å². The second-order valence-electron chi connectivity index (χ2n) is 5.59. The van der Waals surface area contributed by atoms with Gasteiger partial charge in [-0.15, -0.1) is 0 Å². The lowest BCUT2D eigenvalue weighted by molar-refractivity contribution is -0.153. The molecule has 0 radical (unpaired) electrons. The third-order valence-electron chi connectivity index (χ3n) is 3.53. The summed E-state index contributed by atoms with van der Waals surface area (Å²) in [5.41, 5.74) is 1.89. The van der Waals surface area contributed by atoms with Gasteiger partial charge in [-0.2, -0.15) is 31.3 Å². The molecular formula is C16H10F6N4O2. The van der Waals surface area contributed by atoms with Crippen LogP contribution < -0.4 is 16.0 Å². The SMILES string of the molecule is Nc1ccn2c(=O)c(-c3ccc(OCC(F)(F)F)cc3)c(C(F)(F)F)nc2n1. The number of aromatic nitrogens is 3. The van der Waals surface area contributed by atoms with Gasteiger partial charge in [-0.1, -0.05) is 12.1 Å². The highest BCUT2D eigenvalue weighted by Crippen LogP contribution is 2.34. The molecule has 28 heavy (non-hydrogen) atoms. The van der Waals surface area contributed by atoms with Gasteiger partial charge in [-0.05, 0) is 23.8 Å². The molecule has 2 aromatic heterocycles. The van der Waals surface area contributed by atoms with Crippen molar-refractivity contribution in [2.45, 2.75) is 12.4 Å². The van der Waals surface area contributed by atoms with Crippen LogP contribution in [-0.2, 0) is 6.18 Å². The minimum Gasteiger partial charge on any atom is -0.484 e. The summed E-state index contributed by atoms with van der Waals surface area (Å²) in [7, 11) is 0. The number of nitrogens with two attached hydrogens (primary N) is 1. The molecular weight excluding hydrogens is 394 g/mol. The number of ether oxygens (including phenoxy) is 1. The maximum absolute atomic E-state index is 13.5. The zero-order chi connectivity index (χ0) is 20.7. The van der Waals surface area contributed by atoms with Gasteiger partial charge in [0.2, 0.25) is 5.78 Å². The van der Waals surface area contributed by atoms with Crippen molar-refractivity contribution in [3.05, 3.63) is 52.6 Å². The quantitative estimate of drug-likeness (QED) is 0.678. The summed E-state index contributed by atoms with van der Waals surface area (Å²) in [6, 6.07) is 5.34. The minimum absolute atomic E-state index is 0.126. The van der Waals surface area contributed by atoms with Gasteiger partial charge in [0, 0.05) is 6.20 Å². The molecule has 0 aliphatic rings. The third kappa shape index (κ3) is 4.00. The fourth-order valence-electron chi connectivity index (χ4n) is 2.39. The summed E-state index contributed by atoms with van der Waals surface area (Å²) < 4.78 is 82.2. The third-order valence-corrected chi connectivity index (χ3v) is 3.53. The molecule has 2 heterocycles. The number of hydrogen-bond donors (Lipinski definition) is 1. The number of nitrogens with zero attached hydrogens (tertiary/aromatic N) is 3. The van der Waals surface area contributed by atoms with E-state index < -0.39 is 41.6 Å². The van der Waals surface area contributed by atoms with Gasteiger partial charge in [-0.25, -0.2) is 4.98 Å². The molecule has 0 amide bonds. The van der Waals surface area contributed by atoms with E-state index in [1.165, 1.54) is 6.07 Å². The van der Waals surface area contributed by atoms with Gasteiger partial charge in [0.15, 0.2) is 12.3 Å². The summed E-state index contributed by atoms with van der Waals surface area (Å²) in [5.74, 6) is -0.886. The first-order chi connectivity index (χ1) is 13.0. The predicted molar refractivity (Wildman–Crippen MR) is 85.7 cm³/mol. The van der Waals surface area contributed by atoms with Crippen LogP contribution in [0.2, 0.25) is 0 Å². The zero-order valence-electron chi connectivity index (χ0n) is 13.7. The summed E-state index contributed by atoms with van der Waals surface area (Å²) in [5, 5.41) is 0. The van der Waals surface area contributed by atoms with Crippen LogP contribution in [0.4, 0.5) is 32.2 Å². The molecule has 0 saturated carbocycles. The van der Waals surface area contributed by atoms with Crippen molar-refractivity contribution in [2.75, 3.05) is 12.3 Å². The van der Waals surface area contributed by atoms with Gasteiger partial charge < -0.3 is 10.5 Å². The molecule has 0 spiro atoms. The molecule has 0 saturated heterocycles. The predicted octanol–water partition coefficient (Wildman–Crippen LogP) is 3.30. The van der Waals surface area contributed by atoms with Crippen molar-refractivity contribution in [2.24, 2.45) is 0 Å². The van der Waals surface area contributed by atoms with Crippen molar-refractivity contribution >= 4 is 11.6 Å². The van der Waals surface area contributed by atoms with Crippen LogP contribution >= 0.6 is 0 Å². The fraction of sp³-hybridized carbons (Fsp3) is 0.188. The lowest BCUT2D eigenvalue weighted by Gasteiger charge is -2.14. The lowest BCUT2D eigenvalue weighted by Crippen LogP contribution is -2.25. The Morgan fingerprint density at radius 1 is 1.00 bits per heavy atom. The van der Waals surface area contributed by atoms with E-state index in [1.54, 1.807) is 0 Å². The Bertz CT molecular complexity index is 1070. The number of nitrogen functional groups attached to an aromatic ring is 1. The smallest absolute Gasteiger partial charge is 0.434 e. The van der Waals surface area contributed by atoms with Crippen molar-refractivity contribution in [1.82, 2.24) is 14.4 Å². The molecule has 3 aromatic rings. The summed E-state index contributed by atoms with van der Waals surface area (Å²) in [6.45, 7) is -1.56. The van der Waals surface area contributed by atoms with E-state index in [0.717, 1.165) is 34.9 Å². The summed E-state index contributed by atoms with van der Waals surface area (Å²) in [4.78, 5) is 19.6. The normalized spacial score (nSPS) is 12.4. The number of rotatable bonds is 3. The van der Waals surface area contributed by atoms with Crippen LogP contribution in [-0.4, -0.2) is 27.2 Å². The molecule has 12 heteroatoms. The second-order valence-corrected chi connectivity index (χ2v) is 5.59. The highest BCUT2D eigenvalue weighted by atomic mass is 19.4. The van der Waals surface area contributed by atoms with Crippen LogP contribution in [0.3, 0.4) is 0 Å². The van der Waals surface area contributed by atoms with Crippen LogP contribution in [0.1, 0.15) is 5.69 Å². The molecule has 0 atom stereocenters. The first-order valence-electron chi connectivity index (χ1n) is 7.52. The molecule has 0 aliphatic heterocycles. The first-order valence-corrected chi connectivity index (χ1v) is 7.52. The van der Waals surface area contributed by atoms with Crippen LogP contribution in [0, 0.1) is 0 Å². The van der Waals surface area contributed by atoms with Crippen LogP contribution in [0.15, 0.2) is 41.3 Å². The number of benzene rings is 1. The minimum atomic E-state index is -4.99. The van der Waals surface area contributed by atoms with E-state index in [9.17, 15) is 31.1 Å². The Labute approximate surface area is 152 Å². The van der Waals surface area contributed by atoms with Gasteiger partial charge in [0.05, 0.1) is 5.56 Å². The lowest BCUT2D eigenvalue weighted by atomic mass is 10.0. The standard InChI is InChI=1S/C16H10F6N4O2/c17-15(18,19)7-28-9-3-1-8(2-4-9)11-12(16(20,21)22)25-14-24-10(23)5-6-26(14)13(11)27/h1-6H,7H2,(H2,23,24,25). The Morgan fingerprint density at radius 2 is 1.64 bits per heavy atom. The van der Waals surface area contributed by atoms with E-state index in [1.807, 2.05) is 0 Å². The molecule has 3 rings (SSSR count). The highest BCUT2D eigenvalue weighted by Gasteiger charge is 2.38. The topological polar surface area (TPSA) is 82.5 Å². The Hall–Kier alpha value is -3.31. The molecule has 0 unspecified atom stereocenters. The number of anilines is 1. The van der Waals surface area contributed by atoms with E-state index in [0.29, 0.717) is 0 Å². The van der Waals surface area contributed by atoms with Crippen molar-refractivity contribution in [3.8, 4) is 16.9 Å². The van der Waals surface area contributed by atoms with Crippen LogP contribution in [0.5, 0.6) is 5.75 Å². The van der Waals surface area contributed by atoms with Gasteiger partial charge in [0.1, 0.15) is 11.6 Å². The maximum Gasteiger partial charge on any atom is 0.434 e. The number of fused-ring (bicyclic) bond motifs is 1. The van der Waals surface area contributed by atoms with E-state index >= 15 is 0 Å². The molecule has 0 aliphatic carbocycles.